The van der Waals surface area contributed by atoms with Crippen LogP contribution in [0.1, 0.15) is 56.7 Å². The lowest BCUT2D eigenvalue weighted by atomic mass is 9.96. The lowest BCUT2D eigenvalue weighted by molar-refractivity contribution is -0.125. The molecule has 1 aromatic heterocycles. The maximum absolute atomic E-state index is 11.3. The first kappa shape index (κ1) is 15.2. The average Bonchev–Trinajstić information content (AvgIpc) is 2.88. The van der Waals surface area contributed by atoms with E-state index in [4.69, 9.17) is 0 Å². The quantitative estimate of drug-likeness (QED) is 0.802. The van der Waals surface area contributed by atoms with Crippen LogP contribution in [0, 0.1) is 0 Å². The van der Waals surface area contributed by atoms with Crippen molar-refractivity contribution in [3.05, 3.63) is 29.5 Å². The van der Waals surface area contributed by atoms with Gasteiger partial charge in [0, 0.05) is 17.5 Å². The molecular formula is C16H21N3O2. The van der Waals surface area contributed by atoms with Gasteiger partial charge in [-0.25, -0.2) is 0 Å². The monoisotopic (exact) mass is 287 g/mol. The summed E-state index contributed by atoms with van der Waals surface area (Å²) in [6.45, 7) is 6.36. The molecule has 1 aromatic carbocycles. The molecule has 5 nitrogen and oxygen atoms in total. The van der Waals surface area contributed by atoms with E-state index >= 15 is 0 Å². The predicted molar refractivity (Wildman–Crippen MR) is 82.0 cm³/mol. The first-order chi connectivity index (χ1) is 10.0. The molecule has 2 aromatic rings. The van der Waals surface area contributed by atoms with Crippen molar-refractivity contribution < 1.29 is 9.59 Å². The molecule has 1 unspecified atom stereocenters. The van der Waals surface area contributed by atoms with E-state index in [-0.39, 0.29) is 11.8 Å². The molecule has 21 heavy (non-hydrogen) atoms. The molecule has 0 aliphatic heterocycles. The number of nitrogens with one attached hydrogen (secondary N) is 2. The van der Waals surface area contributed by atoms with Crippen LogP contribution in [0.2, 0.25) is 0 Å². The van der Waals surface area contributed by atoms with Gasteiger partial charge in [-0.2, -0.15) is 5.10 Å². The van der Waals surface area contributed by atoms with Crippen molar-refractivity contribution in [3.8, 4) is 0 Å². The van der Waals surface area contributed by atoms with E-state index in [2.05, 4.69) is 54.5 Å². The molecule has 112 valence electrons. The third-order valence-corrected chi connectivity index (χ3v) is 3.79. The fourth-order valence-corrected chi connectivity index (χ4v) is 2.41. The fraction of sp³-hybridized carbons (Fsp3) is 0.438. The van der Waals surface area contributed by atoms with Crippen LogP contribution >= 0.6 is 0 Å². The van der Waals surface area contributed by atoms with Crippen LogP contribution in [0.4, 0.5) is 0 Å². The number of carbonyl (C=O) groups is 2. The zero-order chi connectivity index (χ0) is 15.4. The number of aromatic amines is 1. The largest absolute Gasteiger partial charge is 0.299 e. The molecular weight excluding hydrogens is 266 g/mol. The van der Waals surface area contributed by atoms with E-state index in [1.54, 1.807) is 0 Å². The summed E-state index contributed by atoms with van der Waals surface area (Å²) in [5, 5.41) is 10.7. The number of hydrogen-bond donors (Lipinski definition) is 2. The Hall–Kier alpha value is -2.17. The number of hydrogen-bond acceptors (Lipinski definition) is 3. The molecule has 1 atom stereocenters. The topological polar surface area (TPSA) is 74.8 Å². The highest BCUT2D eigenvalue weighted by atomic mass is 16.2. The molecule has 2 N–H and O–H groups in total. The molecule has 0 spiro atoms. The maximum Gasteiger partial charge on any atom is 0.226 e. The highest BCUT2D eigenvalue weighted by Gasteiger charge is 2.15. The molecule has 0 radical (unpaired) electrons. The summed E-state index contributed by atoms with van der Waals surface area (Å²) in [4.78, 5) is 21.5. The molecule has 1 heterocycles. The van der Waals surface area contributed by atoms with Crippen molar-refractivity contribution in [1.29, 1.82) is 0 Å². The SMILES string of the molecule is CC(C)c1ccc2c(C(C)CCC(=O)NC=O)[nH]nc2c1. The third kappa shape index (κ3) is 3.48. The number of aromatic nitrogens is 2. The number of amides is 2. The number of carbonyl (C=O) groups excluding carboxylic acids is 2. The van der Waals surface area contributed by atoms with Crippen LogP contribution in [0.25, 0.3) is 10.9 Å². The third-order valence-electron chi connectivity index (χ3n) is 3.79. The summed E-state index contributed by atoms with van der Waals surface area (Å²) in [5.41, 5.74) is 3.26. The summed E-state index contributed by atoms with van der Waals surface area (Å²) in [5.74, 6) is 0.402. The Morgan fingerprint density at radius 1 is 1.38 bits per heavy atom. The number of nitrogens with zero attached hydrogens (tertiary/aromatic N) is 1. The lowest BCUT2D eigenvalue weighted by Gasteiger charge is -2.09. The van der Waals surface area contributed by atoms with Gasteiger partial charge >= 0.3 is 0 Å². The van der Waals surface area contributed by atoms with Gasteiger partial charge in [0.1, 0.15) is 0 Å². The zero-order valence-corrected chi connectivity index (χ0v) is 12.6. The maximum atomic E-state index is 11.3. The zero-order valence-electron chi connectivity index (χ0n) is 12.6. The average molecular weight is 287 g/mol. The van der Waals surface area contributed by atoms with Crippen molar-refractivity contribution in [3.63, 3.8) is 0 Å². The highest BCUT2D eigenvalue weighted by Crippen LogP contribution is 2.28. The van der Waals surface area contributed by atoms with E-state index in [1.165, 1.54) is 5.56 Å². The molecule has 2 rings (SSSR count). The van der Waals surface area contributed by atoms with Crippen LogP contribution in [0.15, 0.2) is 18.2 Å². The smallest absolute Gasteiger partial charge is 0.226 e. The Labute approximate surface area is 124 Å². The molecule has 5 heteroatoms. The predicted octanol–water partition coefficient (Wildman–Crippen LogP) is 2.84. The summed E-state index contributed by atoms with van der Waals surface area (Å²) >= 11 is 0. The summed E-state index contributed by atoms with van der Waals surface area (Å²) < 4.78 is 0. The molecule has 0 aliphatic carbocycles. The first-order valence-electron chi connectivity index (χ1n) is 7.23. The van der Waals surface area contributed by atoms with Gasteiger partial charge in [-0.05, 0) is 29.9 Å². The van der Waals surface area contributed by atoms with E-state index in [9.17, 15) is 9.59 Å². The second kappa shape index (κ2) is 6.52. The van der Waals surface area contributed by atoms with Crippen molar-refractivity contribution in [2.45, 2.75) is 45.4 Å². The van der Waals surface area contributed by atoms with Crippen molar-refractivity contribution in [2.24, 2.45) is 0 Å². The second-order valence-electron chi connectivity index (χ2n) is 5.69. The fourth-order valence-electron chi connectivity index (χ4n) is 2.41. The van der Waals surface area contributed by atoms with Crippen molar-refractivity contribution >= 4 is 23.2 Å². The molecule has 0 bridgehead atoms. The van der Waals surface area contributed by atoms with Crippen LogP contribution in [0.5, 0.6) is 0 Å². The Morgan fingerprint density at radius 2 is 2.14 bits per heavy atom. The Bertz CT molecular complexity index is 646. The Balaban J connectivity index is 2.14. The van der Waals surface area contributed by atoms with Gasteiger partial charge in [0.15, 0.2) is 0 Å². The van der Waals surface area contributed by atoms with E-state index in [0.717, 1.165) is 16.6 Å². The Morgan fingerprint density at radius 3 is 2.81 bits per heavy atom. The lowest BCUT2D eigenvalue weighted by Crippen LogP contribution is -2.21. The van der Waals surface area contributed by atoms with Crippen LogP contribution in [0.3, 0.4) is 0 Å². The van der Waals surface area contributed by atoms with Gasteiger partial charge in [0.2, 0.25) is 12.3 Å². The second-order valence-corrected chi connectivity index (χ2v) is 5.69. The van der Waals surface area contributed by atoms with Gasteiger partial charge in [-0.15, -0.1) is 0 Å². The minimum absolute atomic E-state index is 0.178. The van der Waals surface area contributed by atoms with Gasteiger partial charge < -0.3 is 0 Å². The standard InChI is InChI=1S/C16H21N3O2/c1-10(2)12-5-6-13-14(8-12)18-19-16(13)11(3)4-7-15(21)17-9-20/h5-6,8-11H,4,7H2,1-3H3,(H,18,19)(H,17,20,21). The normalized spacial score (nSPS) is 12.6. The number of H-pyrrole nitrogens is 1. The van der Waals surface area contributed by atoms with Crippen molar-refractivity contribution in [2.75, 3.05) is 0 Å². The number of imide groups is 1. The van der Waals surface area contributed by atoms with Crippen LogP contribution < -0.4 is 5.32 Å². The van der Waals surface area contributed by atoms with Gasteiger partial charge in [-0.1, -0.05) is 32.9 Å². The van der Waals surface area contributed by atoms with Gasteiger partial charge in [0.05, 0.1) is 5.52 Å². The molecule has 2 amide bonds. The van der Waals surface area contributed by atoms with E-state index < -0.39 is 0 Å². The van der Waals surface area contributed by atoms with E-state index in [1.807, 2.05) is 0 Å². The Kier molecular flexibility index (Phi) is 4.73. The summed E-state index contributed by atoms with van der Waals surface area (Å²) in [6.07, 6.45) is 1.42. The molecule has 0 saturated heterocycles. The highest BCUT2D eigenvalue weighted by molar-refractivity contribution is 5.86. The summed E-state index contributed by atoms with van der Waals surface area (Å²) in [6, 6.07) is 6.31. The number of rotatable bonds is 6. The van der Waals surface area contributed by atoms with Crippen LogP contribution in [-0.2, 0) is 9.59 Å². The van der Waals surface area contributed by atoms with Gasteiger partial charge in [-0.3, -0.25) is 20.0 Å². The molecule has 0 fully saturated rings. The van der Waals surface area contributed by atoms with Crippen molar-refractivity contribution in [1.82, 2.24) is 15.5 Å². The van der Waals surface area contributed by atoms with Gasteiger partial charge in [0.25, 0.3) is 0 Å². The minimum atomic E-state index is -0.247. The number of benzene rings is 1. The number of fused-ring (bicyclic) bond motifs is 1. The van der Waals surface area contributed by atoms with Crippen LogP contribution in [-0.4, -0.2) is 22.5 Å². The van der Waals surface area contributed by atoms with E-state index in [0.29, 0.717) is 25.2 Å². The summed E-state index contributed by atoms with van der Waals surface area (Å²) in [7, 11) is 0. The molecule has 0 aliphatic rings. The minimum Gasteiger partial charge on any atom is -0.299 e. The molecule has 0 saturated carbocycles. The first-order valence-corrected chi connectivity index (χ1v) is 7.23.